The van der Waals surface area contributed by atoms with Gasteiger partial charge in [0.15, 0.2) is 5.75 Å². The number of hydrogen-bond donors (Lipinski definition) is 0. The third-order valence-electron chi connectivity index (χ3n) is 2.46. The fourth-order valence-corrected chi connectivity index (χ4v) is 1.64. The Balaban J connectivity index is 2.81. The lowest BCUT2D eigenvalue weighted by Crippen LogP contribution is -1.95. The lowest BCUT2D eigenvalue weighted by atomic mass is 10.1. The van der Waals surface area contributed by atoms with E-state index in [-0.39, 0.29) is 11.4 Å². The largest absolute Gasteiger partial charge is 0.490 e. The van der Waals surface area contributed by atoms with Gasteiger partial charge in [-0.15, -0.1) is 0 Å². The van der Waals surface area contributed by atoms with E-state index in [1.165, 1.54) is 13.2 Å². The van der Waals surface area contributed by atoms with Crippen LogP contribution in [-0.2, 0) is 0 Å². The average molecular weight is 218 g/mol. The van der Waals surface area contributed by atoms with Crippen molar-refractivity contribution in [3.8, 4) is 5.75 Å². The molecule has 0 atom stereocenters. The molecular formula is C11H10N2O3. The average Bonchev–Trinajstić information content (AvgIpc) is 2.27. The molecule has 0 bridgehead atoms. The highest BCUT2D eigenvalue weighted by Crippen LogP contribution is 2.32. The van der Waals surface area contributed by atoms with Crippen LogP contribution in [0.5, 0.6) is 5.75 Å². The summed E-state index contributed by atoms with van der Waals surface area (Å²) in [7, 11) is 1.42. The number of pyridine rings is 1. The minimum absolute atomic E-state index is 0.0360. The van der Waals surface area contributed by atoms with Crippen molar-refractivity contribution in [2.24, 2.45) is 0 Å². The molecule has 2 aromatic rings. The first-order chi connectivity index (χ1) is 7.63. The van der Waals surface area contributed by atoms with E-state index in [1.807, 2.05) is 6.92 Å². The van der Waals surface area contributed by atoms with Crippen molar-refractivity contribution in [3.05, 3.63) is 40.2 Å². The predicted octanol–water partition coefficient (Wildman–Crippen LogP) is 2.46. The third-order valence-corrected chi connectivity index (χ3v) is 2.46. The van der Waals surface area contributed by atoms with Crippen molar-refractivity contribution >= 4 is 16.5 Å². The van der Waals surface area contributed by atoms with Crippen molar-refractivity contribution in [1.29, 1.82) is 0 Å². The van der Waals surface area contributed by atoms with Gasteiger partial charge in [0.25, 0.3) is 0 Å². The smallest absolute Gasteiger partial charge is 0.311 e. The summed E-state index contributed by atoms with van der Waals surface area (Å²) >= 11 is 0. The highest BCUT2D eigenvalue weighted by Gasteiger charge is 2.16. The number of nitrogens with zero attached hydrogens (tertiary/aromatic N) is 2. The Hall–Kier alpha value is -2.17. The number of benzene rings is 1. The normalized spacial score (nSPS) is 10.4. The lowest BCUT2D eigenvalue weighted by molar-refractivity contribution is -0.385. The quantitative estimate of drug-likeness (QED) is 0.573. The van der Waals surface area contributed by atoms with Crippen molar-refractivity contribution in [1.82, 2.24) is 4.98 Å². The molecule has 0 fully saturated rings. The first-order valence-electron chi connectivity index (χ1n) is 4.71. The molecule has 1 aromatic carbocycles. The van der Waals surface area contributed by atoms with Crippen LogP contribution in [0, 0.1) is 17.0 Å². The number of hydrogen-bond acceptors (Lipinski definition) is 4. The molecule has 0 unspecified atom stereocenters. The van der Waals surface area contributed by atoms with Crippen LogP contribution in [-0.4, -0.2) is 17.0 Å². The van der Waals surface area contributed by atoms with E-state index in [2.05, 4.69) is 4.98 Å². The van der Waals surface area contributed by atoms with Gasteiger partial charge in [-0.25, -0.2) is 0 Å². The topological polar surface area (TPSA) is 65.3 Å². The maximum absolute atomic E-state index is 10.8. The second kappa shape index (κ2) is 3.77. The van der Waals surface area contributed by atoms with E-state index < -0.39 is 4.92 Å². The van der Waals surface area contributed by atoms with Gasteiger partial charge in [-0.3, -0.25) is 15.1 Å². The summed E-state index contributed by atoms with van der Waals surface area (Å²) in [4.78, 5) is 14.5. The molecule has 2 rings (SSSR count). The highest BCUT2D eigenvalue weighted by atomic mass is 16.6. The van der Waals surface area contributed by atoms with Crippen LogP contribution in [0.2, 0.25) is 0 Å². The molecule has 0 N–H and O–H groups in total. The zero-order valence-corrected chi connectivity index (χ0v) is 8.93. The van der Waals surface area contributed by atoms with Gasteiger partial charge in [-0.1, -0.05) is 0 Å². The van der Waals surface area contributed by atoms with Crippen LogP contribution in [0.25, 0.3) is 10.8 Å². The van der Waals surface area contributed by atoms with Gasteiger partial charge in [-0.2, -0.15) is 0 Å². The summed E-state index contributed by atoms with van der Waals surface area (Å²) in [6, 6.07) is 4.95. The first-order valence-corrected chi connectivity index (χ1v) is 4.71. The Morgan fingerprint density at radius 1 is 1.44 bits per heavy atom. The number of fused-ring (bicyclic) bond motifs is 1. The van der Waals surface area contributed by atoms with Crippen LogP contribution in [0.3, 0.4) is 0 Å². The van der Waals surface area contributed by atoms with E-state index in [0.717, 1.165) is 16.5 Å². The Morgan fingerprint density at radius 2 is 2.19 bits per heavy atom. The maximum atomic E-state index is 10.8. The number of aryl methyl sites for hydroxylation is 1. The number of rotatable bonds is 2. The molecule has 5 nitrogen and oxygen atoms in total. The van der Waals surface area contributed by atoms with Crippen molar-refractivity contribution < 1.29 is 9.66 Å². The van der Waals surface area contributed by atoms with Gasteiger partial charge in [-0.05, 0) is 24.4 Å². The van der Waals surface area contributed by atoms with E-state index in [9.17, 15) is 10.1 Å². The number of aromatic nitrogens is 1. The van der Waals surface area contributed by atoms with Crippen LogP contribution >= 0.6 is 0 Å². The minimum Gasteiger partial charge on any atom is -0.490 e. The second-order valence-electron chi connectivity index (χ2n) is 3.40. The summed E-state index contributed by atoms with van der Waals surface area (Å²) < 4.78 is 4.99. The van der Waals surface area contributed by atoms with Crippen LogP contribution in [0.15, 0.2) is 24.4 Å². The molecule has 82 valence electrons. The maximum Gasteiger partial charge on any atom is 0.311 e. The van der Waals surface area contributed by atoms with E-state index in [4.69, 9.17) is 4.74 Å². The monoisotopic (exact) mass is 218 g/mol. The summed E-state index contributed by atoms with van der Waals surface area (Å²) in [6.45, 7) is 1.82. The van der Waals surface area contributed by atoms with Crippen molar-refractivity contribution in [2.75, 3.05) is 7.11 Å². The molecule has 0 amide bonds. The van der Waals surface area contributed by atoms with Gasteiger partial charge in [0.2, 0.25) is 0 Å². The SMILES string of the molecule is COc1cc2ccnc(C)c2cc1[N+](=O)[O-]. The molecule has 0 aliphatic carbocycles. The van der Waals surface area contributed by atoms with Gasteiger partial charge in [0.1, 0.15) is 0 Å². The fourth-order valence-electron chi connectivity index (χ4n) is 1.64. The van der Waals surface area contributed by atoms with E-state index in [1.54, 1.807) is 18.3 Å². The number of nitro benzene ring substituents is 1. The molecule has 1 heterocycles. The van der Waals surface area contributed by atoms with E-state index >= 15 is 0 Å². The molecule has 5 heteroatoms. The van der Waals surface area contributed by atoms with Crippen LogP contribution < -0.4 is 4.74 Å². The lowest BCUT2D eigenvalue weighted by Gasteiger charge is -2.05. The summed E-state index contributed by atoms with van der Waals surface area (Å²) in [5, 5.41) is 12.5. The minimum atomic E-state index is -0.454. The third kappa shape index (κ3) is 1.56. The van der Waals surface area contributed by atoms with Crippen molar-refractivity contribution in [3.63, 3.8) is 0 Å². The van der Waals surface area contributed by atoms with Crippen molar-refractivity contribution in [2.45, 2.75) is 6.92 Å². The van der Waals surface area contributed by atoms with Gasteiger partial charge >= 0.3 is 5.69 Å². The fraction of sp³-hybridized carbons (Fsp3) is 0.182. The summed E-state index contributed by atoms with van der Waals surface area (Å²) in [5.74, 6) is 0.267. The predicted molar refractivity (Wildman–Crippen MR) is 59.7 cm³/mol. The number of methoxy groups -OCH3 is 1. The molecule has 0 aliphatic heterocycles. The van der Waals surface area contributed by atoms with Crippen LogP contribution in [0.4, 0.5) is 5.69 Å². The number of nitro groups is 1. The highest BCUT2D eigenvalue weighted by molar-refractivity contribution is 5.88. The van der Waals surface area contributed by atoms with Gasteiger partial charge < -0.3 is 4.74 Å². The number of ether oxygens (including phenoxy) is 1. The molecule has 0 aliphatic rings. The summed E-state index contributed by atoms with van der Waals surface area (Å²) in [6.07, 6.45) is 1.67. The zero-order chi connectivity index (χ0) is 11.7. The summed E-state index contributed by atoms with van der Waals surface area (Å²) in [5.41, 5.74) is 0.731. The second-order valence-corrected chi connectivity index (χ2v) is 3.40. The molecule has 0 saturated heterocycles. The molecule has 1 aromatic heterocycles. The Kier molecular flexibility index (Phi) is 2.44. The standard InChI is InChI=1S/C11H10N2O3/c1-7-9-6-10(13(14)15)11(16-2)5-8(9)3-4-12-7/h3-6H,1-2H3. The first kappa shape index (κ1) is 10.4. The molecule has 0 saturated carbocycles. The Labute approximate surface area is 91.8 Å². The Morgan fingerprint density at radius 3 is 2.81 bits per heavy atom. The van der Waals surface area contributed by atoms with E-state index in [0.29, 0.717) is 0 Å². The van der Waals surface area contributed by atoms with Crippen LogP contribution in [0.1, 0.15) is 5.69 Å². The molecule has 0 radical (unpaired) electrons. The van der Waals surface area contributed by atoms with Gasteiger partial charge in [0.05, 0.1) is 12.0 Å². The van der Waals surface area contributed by atoms with Gasteiger partial charge in [0, 0.05) is 23.3 Å². The zero-order valence-electron chi connectivity index (χ0n) is 8.93. The molecular weight excluding hydrogens is 208 g/mol. The Bertz CT molecular complexity index is 566. The molecule has 0 spiro atoms. The molecule has 16 heavy (non-hydrogen) atoms.